The van der Waals surface area contributed by atoms with Crippen molar-refractivity contribution in [1.29, 1.82) is 0 Å². The van der Waals surface area contributed by atoms with Gasteiger partial charge in [-0.15, -0.1) is 0 Å². The van der Waals surface area contributed by atoms with Gasteiger partial charge in [-0.3, -0.25) is 0 Å². The average molecular weight is 234 g/mol. The van der Waals surface area contributed by atoms with Gasteiger partial charge in [0.25, 0.3) is 0 Å². The molecule has 0 spiro atoms. The molecule has 1 aromatic carbocycles. The van der Waals surface area contributed by atoms with Crippen molar-refractivity contribution in [2.45, 2.75) is 27.7 Å². The van der Waals surface area contributed by atoms with Gasteiger partial charge in [-0.05, 0) is 39.8 Å². The van der Waals surface area contributed by atoms with Gasteiger partial charge in [0.2, 0.25) is 0 Å². The zero-order valence-electron chi connectivity index (χ0n) is 10.7. The number of phenolic OH excluding ortho intramolecular Hbond substituents is 1. The molecule has 17 heavy (non-hydrogen) atoms. The number of benzene rings is 1. The molecule has 1 rings (SSSR count). The van der Waals surface area contributed by atoms with Gasteiger partial charge in [0, 0.05) is 5.56 Å². The molecule has 0 aliphatic rings. The predicted molar refractivity (Wildman–Crippen MR) is 67.7 cm³/mol. The van der Waals surface area contributed by atoms with Gasteiger partial charge < -0.3 is 9.84 Å². The minimum atomic E-state index is -0.395. The van der Waals surface area contributed by atoms with Gasteiger partial charge in [0.15, 0.2) is 0 Å². The van der Waals surface area contributed by atoms with Crippen LogP contribution in [0.1, 0.15) is 31.9 Å². The monoisotopic (exact) mass is 234 g/mol. The van der Waals surface area contributed by atoms with Crippen LogP contribution < -0.4 is 0 Å². The lowest BCUT2D eigenvalue weighted by Gasteiger charge is -2.11. The predicted octanol–water partition coefficient (Wildman–Crippen LogP) is 3.06. The van der Waals surface area contributed by atoms with Crippen LogP contribution in [0.4, 0.5) is 0 Å². The van der Waals surface area contributed by atoms with Crippen LogP contribution in [0, 0.1) is 6.92 Å². The number of hydrogen-bond acceptors (Lipinski definition) is 3. The summed E-state index contributed by atoms with van der Waals surface area (Å²) in [5.41, 5.74) is 2.78. The molecule has 3 nitrogen and oxygen atoms in total. The molecule has 0 unspecified atom stereocenters. The van der Waals surface area contributed by atoms with Crippen LogP contribution in [0.5, 0.6) is 5.75 Å². The van der Waals surface area contributed by atoms with Crippen molar-refractivity contribution in [2.75, 3.05) is 6.61 Å². The van der Waals surface area contributed by atoms with E-state index >= 15 is 0 Å². The van der Waals surface area contributed by atoms with E-state index in [1.807, 2.05) is 20.8 Å². The molecule has 0 bridgehead atoms. The van der Waals surface area contributed by atoms with Crippen LogP contribution in [0.3, 0.4) is 0 Å². The minimum absolute atomic E-state index is 0.0971. The lowest BCUT2D eigenvalue weighted by molar-refractivity contribution is -0.136. The second kappa shape index (κ2) is 5.53. The number of ether oxygens (including phenoxy) is 1. The standard InChI is InChI=1S/C14H18O3/c1-5-17-14(16)13(9(2)3)11-8-10(4)6-7-12(11)15/h6-8,15H,5H2,1-4H3. The number of rotatable bonds is 3. The summed E-state index contributed by atoms with van der Waals surface area (Å²) in [6.07, 6.45) is 0. The summed E-state index contributed by atoms with van der Waals surface area (Å²) in [5, 5.41) is 9.83. The Morgan fingerprint density at radius 1 is 1.35 bits per heavy atom. The van der Waals surface area contributed by atoms with E-state index in [9.17, 15) is 9.90 Å². The molecule has 92 valence electrons. The van der Waals surface area contributed by atoms with Crippen molar-refractivity contribution in [1.82, 2.24) is 0 Å². The maximum absolute atomic E-state index is 11.9. The highest BCUT2D eigenvalue weighted by atomic mass is 16.5. The maximum Gasteiger partial charge on any atom is 0.338 e. The largest absolute Gasteiger partial charge is 0.507 e. The fourth-order valence-corrected chi connectivity index (χ4v) is 1.64. The van der Waals surface area contributed by atoms with Crippen LogP contribution in [0.15, 0.2) is 23.8 Å². The quantitative estimate of drug-likeness (QED) is 0.646. The lowest BCUT2D eigenvalue weighted by Crippen LogP contribution is -2.08. The SMILES string of the molecule is CCOC(=O)C(=C(C)C)c1cc(C)ccc1O. The van der Waals surface area contributed by atoms with E-state index in [2.05, 4.69) is 0 Å². The Morgan fingerprint density at radius 3 is 2.53 bits per heavy atom. The molecule has 0 saturated heterocycles. The van der Waals surface area contributed by atoms with Crippen molar-refractivity contribution < 1.29 is 14.6 Å². The van der Waals surface area contributed by atoms with Gasteiger partial charge in [0.05, 0.1) is 12.2 Å². The number of phenols is 1. The molecule has 0 fully saturated rings. The molecule has 0 amide bonds. The van der Waals surface area contributed by atoms with Gasteiger partial charge in [0.1, 0.15) is 5.75 Å². The molecular formula is C14H18O3. The molecule has 1 N–H and O–H groups in total. The van der Waals surface area contributed by atoms with Crippen molar-refractivity contribution >= 4 is 11.5 Å². The number of carbonyl (C=O) groups is 1. The molecule has 0 aliphatic heterocycles. The van der Waals surface area contributed by atoms with Crippen LogP contribution in [-0.4, -0.2) is 17.7 Å². The van der Waals surface area contributed by atoms with E-state index in [1.165, 1.54) is 0 Å². The van der Waals surface area contributed by atoms with Crippen LogP contribution in [0.2, 0.25) is 0 Å². The van der Waals surface area contributed by atoms with Crippen LogP contribution >= 0.6 is 0 Å². The van der Waals surface area contributed by atoms with Crippen LogP contribution in [-0.2, 0) is 9.53 Å². The summed E-state index contributed by atoms with van der Waals surface area (Å²) in [6.45, 7) is 7.65. The number of allylic oxidation sites excluding steroid dienone is 1. The minimum Gasteiger partial charge on any atom is -0.507 e. The van der Waals surface area contributed by atoms with Crippen molar-refractivity contribution in [3.8, 4) is 5.75 Å². The molecule has 0 saturated carbocycles. The highest BCUT2D eigenvalue weighted by molar-refractivity contribution is 6.18. The third-order valence-electron chi connectivity index (χ3n) is 2.40. The van der Waals surface area contributed by atoms with Gasteiger partial charge in [-0.2, -0.15) is 0 Å². The van der Waals surface area contributed by atoms with E-state index in [1.54, 1.807) is 25.1 Å². The summed E-state index contributed by atoms with van der Waals surface area (Å²) in [5.74, 6) is -0.298. The Kier molecular flexibility index (Phi) is 4.32. The lowest BCUT2D eigenvalue weighted by atomic mass is 9.99. The molecule has 3 heteroatoms. The summed E-state index contributed by atoms with van der Waals surface area (Å²) in [6, 6.07) is 5.17. The topological polar surface area (TPSA) is 46.5 Å². The molecule has 1 aromatic rings. The zero-order chi connectivity index (χ0) is 13.0. The van der Waals surface area contributed by atoms with E-state index in [0.717, 1.165) is 11.1 Å². The van der Waals surface area contributed by atoms with E-state index in [0.29, 0.717) is 17.7 Å². The molecule has 0 radical (unpaired) electrons. The highest BCUT2D eigenvalue weighted by Gasteiger charge is 2.18. The molecule has 0 aromatic heterocycles. The molecule has 0 heterocycles. The number of aryl methyl sites for hydroxylation is 1. The first-order valence-electron chi connectivity index (χ1n) is 5.62. The Bertz CT molecular complexity index is 455. The van der Waals surface area contributed by atoms with E-state index in [-0.39, 0.29) is 5.75 Å². The first-order chi connectivity index (χ1) is 7.97. The average Bonchev–Trinajstić information content (AvgIpc) is 2.23. The van der Waals surface area contributed by atoms with E-state index < -0.39 is 5.97 Å². The first kappa shape index (κ1) is 13.3. The zero-order valence-corrected chi connectivity index (χ0v) is 10.7. The summed E-state index contributed by atoms with van der Waals surface area (Å²) >= 11 is 0. The van der Waals surface area contributed by atoms with Crippen molar-refractivity contribution in [3.05, 3.63) is 34.9 Å². The van der Waals surface area contributed by atoms with Crippen LogP contribution in [0.25, 0.3) is 5.57 Å². The smallest absolute Gasteiger partial charge is 0.338 e. The van der Waals surface area contributed by atoms with Gasteiger partial charge in [-0.1, -0.05) is 17.2 Å². The van der Waals surface area contributed by atoms with Gasteiger partial charge >= 0.3 is 5.97 Å². The Labute approximate surface area is 102 Å². The fourth-order valence-electron chi connectivity index (χ4n) is 1.64. The Balaban J connectivity index is 3.30. The third kappa shape index (κ3) is 3.09. The van der Waals surface area contributed by atoms with E-state index in [4.69, 9.17) is 4.74 Å². The Hall–Kier alpha value is -1.77. The highest BCUT2D eigenvalue weighted by Crippen LogP contribution is 2.29. The molecule has 0 aliphatic carbocycles. The number of carbonyl (C=O) groups excluding carboxylic acids is 1. The second-order valence-electron chi connectivity index (χ2n) is 4.12. The summed E-state index contributed by atoms with van der Waals surface area (Å²) < 4.78 is 5.01. The normalized spacial score (nSPS) is 9.88. The summed E-state index contributed by atoms with van der Waals surface area (Å²) in [7, 11) is 0. The molecule has 0 atom stereocenters. The number of hydrogen-bond donors (Lipinski definition) is 1. The number of aromatic hydroxyl groups is 1. The number of esters is 1. The Morgan fingerprint density at radius 2 is 2.00 bits per heavy atom. The fraction of sp³-hybridized carbons (Fsp3) is 0.357. The van der Waals surface area contributed by atoms with Gasteiger partial charge in [-0.25, -0.2) is 4.79 Å². The summed E-state index contributed by atoms with van der Waals surface area (Å²) in [4.78, 5) is 11.9. The maximum atomic E-state index is 11.9. The van der Waals surface area contributed by atoms with Crippen molar-refractivity contribution in [3.63, 3.8) is 0 Å². The molecular weight excluding hydrogens is 216 g/mol. The van der Waals surface area contributed by atoms with Crippen molar-refractivity contribution in [2.24, 2.45) is 0 Å². The third-order valence-corrected chi connectivity index (χ3v) is 2.40. The first-order valence-corrected chi connectivity index (χ1v) is 5.62. The second-order valence-corrected chi connectivity index (χ2v) is 4.12.